The molecule has 0 saturated heterocycles. The zero-order valence-corrected chi connectivity index (χ0v) is 13.3. The van der Waals surface area contributed by atoms with E-state index in [1.165, 1.54) is 20.3 Å². The Bertz CT molecular complexity index is 860. The number of likely N-dealkylation sites (N-methyl/N-ethyl adjacent to an activating group) is 1. The first-order chi connectivity index (χ1) is 10.6. The van der Waals surface area contributed by atoms with Crippen molar-refractivity contribution in [3.8, 4) is 0 Å². The lowest BCUT2D eigenvalue weighted by Gasteiger charge is -2.16. The van der Waals surface area contributed by atoms with Crippen LogP contribution < -0.4 is 5.32 Å². The van der Waals surface area contributed by atoms with Gasteiger partial charge in [-0.1, -0.05) is 6.07 Å². The zero-order valence-electron chi connectivity index (χ0n) is 11.6. The summed E-state index contributed by atoms with van der Waals surface area (Å²) >= 11 is 1.20. The highest BCUT2D eigenvalue weighted by atomic mass is 32.2. The minimum Gasteiger partial charge on any atom is -0.367 e. The van der Waals surface area contributed by atoms with Gasteiger partial charge in [-0.3, -0.25) is 0 Å². The second kappa shape index (κ2) is 5.94. The Hall–Kier alpha value is -2.11. The van der Waals surface area contributed by atoms with Gasteiger partial charge >= 0.3 is 0 Å². The van der Waals surface area contributed by atoms with Crippen LogP contribution in [0.2, 0.25) is 0 Å². The highest BCUT2D eigenvalue weighted by molar-refractivity contribution is 7.91. The maximum absolute atomic E-state index is 12.2. The van der Waals surface area contributed by atoms with Gasteiger partial charge in [-0.05, 0) is 34.0 Å². The smallest absolute Gasteiger partial charge is 0.252 e. The number of nitrogens with zero attached hydrogens (tertiary/aromatic N) is 6. The quantitative estimate of drug-likeness (QED) is 0.689. The molecule has 0 amide bonds. The lowest BCUT2D eigenvalue weighted by atomic mass is 10.5. The van der Waals surface area contributed by atoms with E-state index in [-0.39, 0.29) is 0 Å². The van der Waals surface area contributed by atoms with Crippen LogP contribution in [0.4, 0.5) is 5.82 Å². The first kappa shape index (κ1) is 14.8. The van der Waals surface area contributed by atoms with Crippen molar-refractivity contribution in [2.24, 2.45) is 0 Å². The molecule has 0 unspecified atom stereocenters. The predicted molar refractivity (Wildman–Crippen MR) is 81.2 cm³/mol. The Kier molecular flexibility index (Phi) is 4.00. The highest BCUT2D eigenvalue weighted by Crippen LogP contribution is 2.19. The van der Waals surface area contributed by atoms with E-state index in [0.29, 0.717) is 28.8 Å². The third kappa shape index (κ3) is 2.91. The average Bonchev–Trinajstić information content (AvgIpc) is 3.18. The lowest BCUT2D eigenvalue weighted by molar-refractivity contribution is 0.482. The Labute approximate surface area is 130 Å². The second-order valence-corrected chi connectivity index (χ2v) is 7.65. The third-order valence-electron chi connectivity index (χ3n) is 2.96. The van der Waals surface area contributed by atoms with Gasteiger partial charge in [0, 0.05) is 20.1 Å². The summed E-state index contributed by atoms with van der Waals surface area (Å²) in [6.45, 7) is 0.733. The van der Waals surface area contributed by atoms with Crippen LogP contribution >= 0.6 is 11.3 Å². The van der Waals surface area contributed by atoms with E-state index in [2.05, 4.69) is 25.9 Å². The normalized spacial score (nSPS) is 12.1. The van der Waals surface area contributed by atoms with Crippen LogP contribution in [0.3, 0.4) is 0 Å². The minimum absolute atomic E-state index is 0.315. The first-order valence-corrected chi connectivity index (χ1v) is 8.68. The fourth-order valence-electron chi connectivity index (χ4n) is 1.77. The molecule has 0 fully saturated rings. The van der Waals surface area contributed by atoms with Gasteiger partial charge in [0.05, 0.1) is 0 Å². The van der Waals surface area contributed by atoms with Gasteiger partial charge in [-0.2, -0.15) is 4.31 Å². The van der Waals surface area contributed by atoms with Gasteiger partial charge in [0.1, 0.15) is 10.0 Å². The molecule has 0 spiro atoms. The molecular weight excluding hydrogens is 326 g/mol. The number of hydrogen-bond donors (Lipinski definition) is 1. The van der Waals surface area contributed by atoms with Crippen molar-refractivity contribution in [2.45, 2.75) is 4.21 Å². The standard InChI is InChI=1S/C11H13N7O2S2/c1-17(22(19,20)11-3-2-8-21-11)7-6-12-9-4-5-10-13-15-16-18(10)14-9/h2-5,8H,6-7H2,1H3,(H,12,14). The van der Waals surface area contributed by atoms with E-state index in [9.17, 15) is 8.42 Å². The van der Waals surface area contributed by atoms with Crippen LogP contribution in [0.5, 0.6) is 0 Å². The maximum atomic E-state index is 12.2. The predicted octanol–water partition coefficient (Wildman–Crippen LogP) is 0.313. The number of rotatable bonds is 6. The van der Waals surface area contributed by atoms with Gasteiger partial charge < -0.3 is 5.32 Å². The van der Waals surface area contributed by atoms with Crippen LogP contribution in [-0.2, 0) is 10.0 Å². The minimum atomic E-state index is -3.42. The van der Waals surface area contributed by atoms with Crippen molar-refractivity contribution >= 4 is 32.8 Å². The monoisotopic (exact) mass is 339 g/mol. The molecule has 0 aliphatic rings. The summed E-state index contributed by atoms with van der Waals surface area (Å²) in [4.78, 5) is 0. The number of hydrogen-bond acceptors (Lipinski definition) is 8. The van der Waals surface area contributed by atoms with Crippen LogP contribution in [-0.4, -0.2) is 58.1 Å². The summed E-state index contributed by atoms with van der Waals surface area (Å²) in [6.07, 6.45) is 0. The second-order valence-electron chi connectivity index (χ2n) is 4.43. The lowest BCUT2D eigenvalue weighted by Crippen LogP contribution is -2.31. The molecule has 3 rings (SSSR count). The molecule has 0 atom stereocenters. The molecule has 3 aromatic heterocycles. The van der Waals surface area contributed by atoms with E-state index in [4.69, 9.17) is 0 Å². The summed E-state index contributed by atoms with van der Waals surface area (Å²) in [5.41, 5.74) is 0.544. The number of anilines is 1. The average molecular weight is 339 g/mol. The van der Waals surface area contributed by atoms with Crippen LogP contribution in [0, 0.1) is 0 Å². The Morgan fingerprint density at radius 2 is 2.23 bits per heavy atom. The number of fused-ring (bicyclic) bond motifs is 1. The summed E-state index contributed by atoms with van der Waals surface area (Å²) in [6, 6.07) is 6.77. The molecule has 3 heterocycles. The first-order valence-electron chi connectivity index (χ1n) is 6.36. The molecule has 0 aliphatic heterocycles. The molecule has 3 aromatic rings. The van der Waals surface area contributed by atoms with Crippen LogP contribution in [0.1, 0.15) is 0 Å². The number of aromatic nitrogens is 5. The van der Waals surface area contributed by atoms with E-state index in [0.717, 1.165) is 0 Å². The fraction of sp³-hybridized carbons (Fsp3) is 0.273. The topological polar surface area (TPSA) is 105 Å². The fourth-order valence-corrected chi connectivity index (χ4v) is 4.14. The molecule has 9 nitrogen and oxygen atoms in total. The number of thiophene rings is 1. The Balaban J connectivity index is 1.60. The SMILES string of the molecule is CN(CCNc1ccc2nnnn2n1)S(=O)(=O)c1cccs1. The highest BCUT2D eigenvalue weighted by Gasteiger charge is 2.21. The van der Waals surface area contributed by atoms with Crippen molar-refractivity contribution in [2.75, 3.05) is 25.5 Å². The van der Waals surface area contributed by atoms with Crippen molar-refractivity contribution < 1.29 is 8.42 Å². The van der Waals surface area contributed by atoms with Crippen molar-refractivity contribution in [3.05, 3.63) is 29.6 Å². The molecular formula is C11H13N7O2S2. The van der Waals surface area contributed by atoms with Crippen LogP contribution in [0.15, 0.2) is 33.9 Å². The molecule has 0 saturated carbocycles. The Morgan fingerprint density at radius 3 is 3.00 bits per heavy atom. The van der Waals surface area contributed by atoms with E-state index >= 15 is 0 Å². The van der Waals surface area contributed by atoms with Gasteiger partial charge in [-0.15, -0.1) is 26.2 Å². The number of nitrogens with one attached hydrogen (secondary N) is 1. The molecule has 11 heteroatoms. The van der Waals surface area contributed by atoms with Gasteiger partial charge in [0.15, 0.2) is 5.65 Å². The Morgan fingerprint density at radius 1 is 1.36 bits per heavy atom. The summed E-state index contributed by atoms with van der Waals surface area (Å²) in [5.74, 6) is 0.571. The van der Waals surface area contributed by atoms with Crippen molar-refractivity contribution in [1.82, 2.24) is 29.6 Å². The van der Waals surface area contributed by atoms with E-state index < -0.39 is 10.0 Å². The molecule has 0 bridgehead atoms. The zero-order chi connectivity index (χ0) is 15.6. The molecule has 116 valence electrons. The van der Waals surface area contributed by atoms with Gasteiger partial charge in [-0.25, -0.2) is 8.42 Å². The number of tetrazole rings is 1. The van der Waals surface area contributed by atoms with Crippen LogP contribution in [0.25, 0.3) is 5.65 Å². The molecule has 22 heavy (non-hydrogen) atoms. The molecule has 0 radical (unpaired) electrons. The van der Waals surface area contributed by atoms with E-state index in [1.807, 2.05) is 0 Å². The maximum Gasteiger partial charge on any atom is 0.252 e. The van der Waals surface area contributed by atoms with E-state index in [1.54, 1.807) is 36.7 Å². The molecule has 0 aromatic carbocycles. The summed E-state index contributed by atoms with van der Waals surface area (Å²) < 4.78 is 27.4. The number of sulfonamides is 1. The molecule has 1 N–H and O–H groups in total. The van der Waals surface area contributed by atoms with Gasteiger partial charge in [0.2, 0.25) is 0 Å². The summed E-state index contributed by atoms with van der Waals surface area (Å²) in [7, 11) is -1.87. The van der Waals surface area contributed by atoms with Gasteiger partial charge in [0.25, 0.3) is 10.0 Å². The van der Waals surface area contributed by atoms with Crippen molar-refractivity contribution in [3.63, 3.8) is 0 Å². The largest absolute Gasteiger partial charge is 0.367 e. The summed E-state index contributed by atoms with van der Waals surface area (Å²) in [5, 5.41) is 19.9. The molecule has 0 aliphatic carbocycles. The third-order valence-corrected chi connectivity index (χ3v) is 6.19. The van der Waals surface area contributed by atoms with Crippen molar-refractivity contribution in [1.29, 1.82) is 0 Å².